The Morgan fingerprint density at radius 1 is 1.25 bits per heavy atom. The van der Waals surface area contributed by atoms with Crippen molar-refractivity contribution in [2.24, 2.45) is 5.92 Å². The van der Waals surface area contributed by atoms with E-state index in [1.807, 2.05) is 0 Å². The second-order valence-corrected chi connectivity index (χ2v) is 4.93. The van der Waals surface area contributed by atoms with Crippen LogP contribution < -0.4 is 5.32 Å². The average molecular weight is 248 g/mol. The van der Waals surface area contributed by atoms with E-state index in [0.29, 0.717) is 18.2 Å². The minimum atomic E-state index is 0.193. The molecule has 16 heavy (non-hydrogen) atoms. The number of alkyl halides is 1. The van der Waals surface area contributed by atoms with Crippen LogP contribution in [0.25, 0.3) is 0 Å². The van der Waals surface area contributed by atoms with Crippen LogP contribution in [0.2, 0.25) is 0 Å². The molecule has 1 atom stereocenters. The Labute approximate surface area is 105 Å². The lowest BCUT2D eigenvalue weighted by molar-refractivity contribution is -0.121. The van der Waals surface area contributed by atoms with E-state index in [9.17, 15) is 4.79 Å². The Hall–Kier alpha value is -0.240. The molecule has 0 saturated carbocycles. The summed E-state index contributed by atoms with van der Waals surface area (Å²) in [6.07, 6.45) is 7.65. The molecule has 3 heteroatoms. The van der Waals surface area contributed by atoms with Crippen LogP contribution in [0.1, 0.15) is 58.8 Å². The summed E-state index contributed by atoms with van der Waals surface area (Å²) in [7, 11) is 0. The lowest BCUT2D eigenvalue weighted by atomic mass is 10.1. The van der Waals surface area contributed by atoms with Gasteiger partial charge in [0.1, 0.15) is 0 Å². The van der Waals surface area contributed by atoms with Gasteiger partial charge in [-0.3, -0.25) is 4.79 Å². The molecule has 1 amide bonds. The molecule has 0 aromatic carbocycles. The minimum Gasteiger partial charge on any atom is -0.356 e. The smallest absolute Gasteiger partial charge is 0.220 e. The average Bonchev–Trinajstić information content (AvgIpc) is 2.26. The van der Waals surface area contributed by atoms with E-state index in [0.717, 1.165) is 19.4 Å². The van der Waals surface area contributed by atoms with Gasteiger partial charge in [-0.15, -0.1) is 11.6 Å². The van der Waals surface area contributed by atoms with Gasteiger partial charge in [0.25, 0.3) is 0 Å². The number of halogens is 1. The van der Waals surface area contributed by atoms with Gasteiger partial charge in [0.05, 0.1) is 0 Å². The van der Waals surface area contributed by atoms with E-state index in [1.54, 1.807) is 0 Å². The van der Waals surface area contributed by atoms with Gasteiger partial charge in [-0.05, 0) is 18.8 Å². The SMILES string of the molecule is CCCCCCCC(=O)NCC(C)CCCl. The Kier molecular flexibility index (Phi) is 11.1. The van der Waals surface area contributed by atoms with Crippen molar-refractivity contribution in [1.29, 1.82) is 0 Å². The van der Waals surface area contributed by atoms with Crippen molar-refractivity contribution in [2.45, 2.75) is 58.8 Å². The Balaban J connectivity index is 3.30. The molecule has 0 aliphatic rings. The van der Waals surface area contributed by atoms with Crippen molar-refractivity contribution >= 4 is 17.5 Å². The summed E-state index contributed by atoms with van der Waals surface area (Å²) in [5.41, 5.74) is 0. The minimum absolute atomic E-state index is 0.193. The van der Waals surface area contributed by atoms with Crippen LogP contribution in [0.4, 0.5) is 0 Å². The van der Waals surface area contributed by atoms with Crippen LogP contribution in [-0.4, -0.2) is 18.3 Å². The van der Waals surface area contributed by atoms with Crippen molar-refractivity contribution < 1.29 is 4.79 Å². The molecule has 0 aromatic rings. The topological polar surface area (TPSA) is 29.1 Å². The molecule has 0 heterocycles. The first-order valence-electron chi connectivity index (χ1n) is 6.53. The summed E-state index contributed by atoms with van der Waals surface area (Å²) in [6, 6.07) is 0. The van der Waals surface area contributed by atoms with Crippen molar-refractivity contribution in [2.75, 3.05) is 12.4 Å². The van der Waals surface area contributed by atoms with E-state index >= 15 is 0 Å². The first-order valence-corrected chi connectivity index (χ1v) is 7.06. The largest absolute Gasteiger partial charge is 0.356 e. The van der Waals surface area contributed by atoms with Crippen LogP contribution in [-0.2, 0) is 4.79 Å². The Bertz CT molecular complexity index is 173. The summed E-state index contributed by atoms with van der Waals surface area (Å²) in [6.45, 7) is 5.08. The first kappa shape index (κ1) is 15.8. The highest BCUT2D eigenvalue weighted by molar-refractivity contribution is 6.17. The third-order valence-electron chi connectivity index (χ3n) is 2.76. The van der Waals surface area contributed by atoms with Crippen LogP contribution in [0.15, 0.2) is 0 Å². The Morgan fingerprint density at radius 3 is 2.56 bits per heavy atom. The molecule has 1 unspecified atom stereocenters. The molecule has 0 aliphatic carbocycles. The summed E-state index contributed by atoms with van der Waals surface area (Å²) < 4.78 is 0. The number of amides is 1. The molecular weight excluding hydrogens is 222 g/mol. The zero-order valence-corrected chi connectivity index (χ0v) is 11.5. The number of carbonyl (C=O) groups is 1. The van der Waals surface area contributed by atoms with E-state index < -0.39 is 0 Å². The number of hydrogen-bond acceptors (Lipinski definition) is 1. The van der Waals surface area contributed by atoms with Crippen molar-refractivity contribution in [1.82, 2.24) is 5.32 Å². The lowest BCUT2D eigenvalue weighted by Crippen LogP contribution is -2.28. The standard InChI is InChI=1S/C13H26ClNO/c1-3-4-5-6-7-8-13(16)15-11-12(2)9-10-14/h12H,3-11H2,1-2H3,(H,15,16). The number of rotatable bonds is 10. The number of carbonyl (C=O) groups excluding carboxylic acids is 1. The predicted molar refractivity (Wildman–Crippen MR) is 70.9 cm³/mol. The van der Waals surface area contributed by atoms with Gasteiger partial charge in [0.2, 0.25) is 5.91 Å². The molecule has 96 valence electrons. The summed E-state index contributed by atoms with van der Waals surface area (Å²) >= 11 is 5.63. The van der Waals surface area contributed by atoms with Gasteiger partial charge in [-0.1, -0.05) is 39.5 Å². The molecule has 0 aliphatic heterocycles. The van der Waals surface area contributed by atoms with Crippen LogP contribution in [0.3, 0.4) is 0 Å². The molecule has 0 spiro atoms. The molecule has 2 nitrogen and oxygen atoms in total. The lowest BCUT2D eigenvalue weighted by Gasteiger charge is -2.10. The van der Waals surface area contributed by atoms with Gasteiger partial charge in [0, 0.05) is 18.8 Å². The first-order chi connectivity index (χ1) is 7.70. The second kappa shape index (κ2) is 11.3. The maximum atomic E-state index is 11.4. The maximum absolute atomic E-state index is 11.4. The number of unbranched alkanes of at least 4 members (excludes halogenated alkanes) is 4. The summed E-state index contributed by atoms with van der Waals surface area (Å²) in [5.74, 6) is 1.35. The fourth-order valence-corrected chi connectivity index (χ4v) is 1.93. The molecule has 1 N–H and O–H groups in total. The molecule has 0 saturated heterocycles. The summed E-state index contributed by atoms with van der Waals surface area (Å²) in [5, 5.41) is 2.96. The van der Waals surface area contributed by atoms with E-state index in [-0.39, 0.29) is 5.91 Å². The monoisotopic (exact) mass is 247 g/mol. The van der Waals surface area contributed by atoms with Crippen molar-refractivity contribution in [3.8, 4) is 0 Å². The quantitative estimate of drug-likeness (QED) is 0.463. The zero-order chi connectivity index (χ0) is 12.2. The molecule has 0 fully saturated rings. The third kappa shape index (κ3) is 10.3. The van der Waals surface area contributed by atoms with E-state index in [2.05, 4.69) is 19.2 Å². The zero-order valence-electron chi connectivity index (χ0n) is 10.7. The second-order valence-electron chi connectivity index (χ2n) is 4.55. The van der Waals surface area contributed by atoms with Gasteiger partial charge < -0.3 is 5.32 Å². The van der Waals surface area contributed by atoms with Crippen LogP contribution in [0.5, 0.6) is 0 Å². The molecule has 0 rings (SSSR count). The molecule has 0 radical (unpaired) electrons. The fraction of sp³-hybridized carbons (Fsp3) is 0.923. The van der Waals surface area contributed by atoms with Crippen LogP contribution in [0, 0.1) is 5.92 Å². The van der Waals surface area contributed by atoms with Crippen LogP contribution >= 0.6 is 11.6 Å². The number of nitrogens with one attached hydrogen (secondary N) is 1. The highest BCUT2D eigenvalue weighted by Gasteiger charge is 2.04. The van der Waals surface area contributed by atoms with Crippen molar-refractivity contribution in [3.63, 3.8) is 0 Å². The Morgan fingerprint density at radius 2 is 1.94 bits per heavy atom. The van der Waals surface area contributed by atoms with E-state index in [1.165, 1.54) is 25.7 Å². The third-order valence-corrected chi connectivity index (χ3v) is 2.98. The van der Waals surface area contributed by atoms with Crippen molar-refractivity contribution in [3.05, 3.63) is 0 Å². The normalized spacial score (nSPS) is 12.4. The van der Waals surface area contributed by atoms with Gasteiger partial charge in [0.15, 0.2) is 0 Å². The fourth-order valence-electron chi connectivity index (χ4n) is 1.55. The highest BCUT2D eigenvalue weighted by Crippen LogP contribution is 2.05. The molecule has 0 bridgehead atoms. The van der Waals surface area contributed by atoms with Gasteiger partial charge in [-0.25, -0.2) is 0 Å². The number of hydrogen-bond donors (Lipinski definition) is 1. The predicted octanol–water partition coefficient (Wildman–Crippen LogP) is 3.73. The van der Waals surface area contributed by atoms with Gasteiger partial charge >= 0.3 is 0 Å². The highest BCUT2D eigenvalue weighted by atomic mass is 35.5. The summed E-state index contributed by atoms with van der Waals surface area (Å²) in [4.78, 5) is 11.4. The molecular formula is C13H26ClNO. The van der Waals surface area contributed by atoms with Gasteiger partial charge in [-0.2, -0.15) is 0 Å². The van der Waals surface area contributed by atoms with E-state index in [4.69, 9.17) is 11.6 Å². The maximum Gasteiger partial charge on any atom is 0.220 e. The molecule has 0 aromatic heterocycles.